The molecule has 3 rings (SSSR count). The van der Waals surface area contributed by atoms with Crippen LogP contribution in [0.25, 0.3) is 0 Å². The number of nitrogens with one attached hydrogen (secondary N) is 1. The maximum atomic E-state index is 12.5. The Morgan fingerprint density at radius 2 is 2.25 bits per heavy atom. The van der Waals surface area contributed by atoms with E-state index in [0.717, 1.165) is 45.4 Å². The summed E-state index contributed by atoms with van der Waals surface area (Å²) in [5.41, 5.74) is 0.382. The van der Waals surface area contributed by atoms with E-state index in [9.17, 15) is 4.79 Å². The Bertz CT molecular complexity index is 417. The van der Waals surface area contributed by atoms with E-state index in [1.165, 1.54) is 0 Å². The highest BCUT2D eigenvalue weighted by Crippen LogP contribution is 2.33. The molecule has 0 aromatic carbocycles. The van der Waals surface area contributed by atoms with E-state index in [2.05, 4.69) is 22.4 Å². The standard InChI is InChI=1S/C14H24N4O2/c1-17-8-3-11(10-17)18(2)13(19)12-9-14(20-16-12)4-6-15-7-5-14/h11,15H,3-10H2,1-2H3. The quantitative estimate of drug-likeness (QED) is 0.776. The Hall–Kier alpha value is -1.14. The lowest BCUT2D eigenvalue weighted by Gasteiger charge is -2.31. The van der Waals surface area contributed by atoms with Crippen molar-refractivity contribution in [1.29, 1.82) is 0 Å². The minimum absolute atomic E-state index is 0.0423. The van der Waals surface area contributed by atoms with Gasteiger partial charge in [0, 0.05) is 38.9 Å². The van der Waals surface area contributed by atoms with Crippen molar-refractivity contribution >= 4 is 11.6 Å². The number of oxime groups is 1. The molecular weight excluding hydrogens is 256 g/mol. The Labute approximate surface area is 120 Å². The Kier molecular flexibility index (Phi) is 3.69. The van der Waals surface area contributed by atoms with Crippen LogP contribution in [-0.4, -0.2) is 73.3 Å². The van der Waals surface area contributed by atoms with Gasteiger partial charge in [-0.2, -0.15) is 0 Å². The fraction of sp³-hybridized carbons (Fsp3) is 0.857. The van der Waals surface area contributed by atoms with E-state index in [1.54, 1.807) is 0 Å². The molecule has 6 nitrogen and oxygen atoms in total. The second kappa shape index (κ2) is 5.33. The molecule has 3 heterocycles. The third kappa shape index (κ3) is 2.54. The number of carbonyl (C=O) groups is 1. The van der Waals surface area contributed by atoms with Crippen molar-refractivity contribution in [2.24, 2.45) is 5.16 Å². The molecule has 6 heteroatoms. The third-order valence-corrected chi connectivity index (χ3v) is 4.84. The first kappa shape index (κ1) is 13.8. The van der Waals surface area contributed by atoms with E-state index in [-0.39, 0.29) is 11.5 Å². The van der Waals surface area contributed by atoms with Crippen LogP contribution in [0.15, 0.2) is 5.16 Å². The molecule has 0 radical (unpaired) electrons. The van der Waals surface area contributed by atoms with E-state index in [1.807, 2.05) is 11.9 Å². The third-order valence-electron chi connectivity index (χ3n) is 4.84. The normalized spacial score (nSPS) is 29.3. The molecule has 3 aliphatic heterocycles. The summed E-state index contributed by atoms with van der Waals surface area (Å²) in [6.45, 7) is 3.90. The van der Waals surface area contributed by atoms with Crippen LogP contribution in [0.4, 0.5) is 0 Å². The van der Waals surface area contributed by atoms with Gasteiger partial charge in [-0.25, -0.2) is 0 Å². The Morgan fingerprint density at radius 3 is 2.90 bits per heavy atom. The lowest BCUT2D eigenvalue weighted by Crippen LogP contribution is -2.45. The van der Waals surface area contributed by atoms with Crippen LogP contribution in [0.3, 0.4) is 0 Å². The Balaban J connectivity index is 1.60. The van der Waals surface area contributed by atoms with E-state index in [0.29, 0.717) is 18.2 Å². The highest BCUT2D eigenvalue weighted by atomic mass is 16.7. The highest BCUT2D eigenvalue weighted by molar-refractivity contribution is 6.39. The predicted octanol–water partition coefficient (Wildman–Crippen LogP) is 0.0474. The summed E-state index contributed by atoms with van der Waals surface area (Å²) in [5, 5.41) is 7.43. The van der Waals surface area contributed by atoms with Gasteiger partial charge in [-0.15, -0.1) is 0 Å². The molecule has 0 aliphatic carbocycles. The number of piperidine rings is 1. The topological polar surface area (TPSA) is 57.2 Å². The van der Waals surface area contributed by atoms with Crippen molar-refractivity contribution in [3.05, 3.63) is 0 Å². The van der Waals surface area contributed by atoms with Gasteiger partial charge in [0.05, 0.1) is 0 Å². The molecule has 1 N–H and O–H groups in total. The molecule has 0 saturated carbocycles. The largest absolute Gasteiger partial charge is 0.388 e. The number of hydrogen-bond acceptors (Lipinski definition) is 5. The first-order valence-corrected chi connectivity index (χ1v) is 7.51. The molecule has 2 saturated heterocycles. The molecule has 1 amide bonds. The molecule has 0 aromatic heterocycles. The van der Waals surface area contributed by atoms with Crippen LogP contribution in [0.1, 0.15) is 25.7 Å². The van der Waals surface area contributed by atoms with Crippen molar-refractivity contribution in [1.82, 2.24) is 15.1 Å². The lowest BCUT2D eigenvalue weighted by molar-refractivity contribution is -0.124. The van der Waals surface area contributed by atoms with Gasteiger partial charge >= 0.3 is 0 Å². The van der Waals surface area contributed by atoms with Gasteiger partial charge in [0.25, 0.3) is 5.91 Å². The van der Waals surface area contributed by atoms with Crippen LogP contribution >= 0.6 is 0 Å². The number of rotatable bonds is 2. The maximum absolute atomic E-state index is 12.5. The van der Waals surface area contributed by atoms with Crippen LogP contribution in [-0.2, 0) is 9.63 Å². The van der Waals surface area contributed by atoms with Crippen molar-refractivity contribution in [3.63, 3.8) is 0 Å². The summed E-state index contributed by atoms with van der Waals surface area (Å²) in [4.78, 5) is 22.3. The van der Waals surface area contributed by atoms with Gasteiger partial charge < -0.3 is 20.0 Å². The van der Waals surface area contributed by atoms with Gasteiger partial charge in [0.1, 0.15) is 11.3 Å². The summed E-state index contributed by atoms with van der Waals surface area (Å²) in [7, 11) is 3.99. The average Bonchev–Trinajstić information content (AvgIpc) is 3.05. The number of hydrogen-bond donors (Lipinski definition) is 1. The number of likely N-dealkylation sites (N-methyl/N-ethyl adjacent to an activating group) is 2. The molecule has 0 aromatic rings. The first-order valence-electron chi connectivity index (χ1n) is 7.51. The highest BCUT2D eigenvalue weighted by Gasteiger charge is 2.43. The molecule has 1 unspecified atom stereocenters. The minimum atomic E-state index is -0.219. The molecule has 1 atom stereocenters. The Morgan fingerprint density at radius 1 is 1.50 bits per heavy atom. The predicted molar refractivity (Wildman–Crippen MR) is 76.6 cm³/mol. The number of amides is 1. The summed E-state index contributed by atoms with van der Waals surface area (Å²) in [5.74, 6) is 0.0423. The van der Waals surface area contributed by atoms with Crippen molar-refractivity contribution in [2.75, 3.05) is 40.3 Å². The SMILES string of the molecule is CN1CCC(N(C)C(=O)C2=NOC3(CCNCC3)C2)C1. The molecule has 112 valence electrons. The zero-order valence-electron chi connectivity index (χ0n) is 12.4. The molecule has 0 bridgehead atoms. The fourth-order valence-corrected chi connectivity index (χ4v) is 3.38. The van der Waals surface area contributed by atoms with Crippen molar-refractivity contribution in [2.45, 2.75) is 37.3 Å². The average molecular weight is 280 g/mol. The summed E-state index contributed by atoms with van der Waals surface area (Å²) >= 11 is 0. The maximum Gasteiger partial charge on any atom is 0.271 e. The zero-order valence-corrected chi connectivity index (χ0v) is 12.4. The smallest absolute Gasteiger partial charge is 0.271 e. The van der Waals surface area contributed by atoms with Crippen molar-refractivity contribution in [3.8, 4) is 0 Å². The molecular formula is C14H24N4O2. The second-order valence-electron chi connectivity index (χ2n) is 6.36. The summed E-state index contributed by atoms with van der Waals surface area (Å²) in [6.07, 6.45) is 3.58. The number of carbonyl (C=O) groups excluding carboxylic acids is 1. The second-order valence-corrected chi connectivity index (χ2v) is 6.36. The zero-order chi connectivity index (χ0) is 14.2. The van der Waals surface area contributed by atoms with Gasteiger partial charge in [-0.3, -0.25) is 4.79 Å². The van der Waals surface area contributed by atoms with E-state index in [4.69, 9.17) is 4.84 Å². The summed E-state index contributed by atoms with van der Waals surface area (Å²) in [6, 6.07) is 0.305. The van der Waals surface area contributed by atoms with Gasteiger partial charge in [-0.1, -0.05) is 5.16 Å². The number of likely N-dealkylation sites (tertiary alicyclic amines) is 1. The van der Waals surface area contributed by atoms with Crippen LogP contribution in [0.2, 0.25) is 0 Å². The lowest BCUT2D eigenvalue weighted by atomic mass is 9.87. The fourth-order valence-electron chi connectivity index (χ4n) is 3.38. The van der Waals surface area contributed by atoms with E-state index < -0.39 is 0 Å². The monoisotopic (exact) mass is 280 g/mol. The molecule has 1 spiro atoms. The van der Waals surface area contributed by atoms with Crippen molar-refractivity contribution < 1.29 is 9.63 Å². The van der Waals surface area contributed by atoms with Crippen LogP contribution in [0, 0.1) is 0 Å². The number of nitrogens with zero attached hydrogens (tertiary/aromatic N) is 3. The van der Waals surface area contributed by atoms with Gasteiger partial charge in [-0.05, 0) is 33.1 Å². The van der Waals surface area contributed by atoms with E-state index >= 15 is 0 Å². The van der Waals surface area contributed by atoms with Crippen LogP contribution in [0.5, 0.6) is 0 Å². The minimum Gasteiger partial charge on any atom is -0.388 e. The van der Waals surface area contributed by atoms with Gasteiger partial charge in [0.2, 0.25) is 0 Å². The molecule has 3 aliphatic rings. The van der Waals surface area contributed by atoms with Crippen LogP contribution < -0.4 is 5.32 Å². The first-order chi connectivity index (χ1) is 9.60. The van der Waals surface area contributed by atoms with Gasteiger partial charge in [0.15, 0.2) is 0 Å². The molecule has 2 fully saturated rings. The molecule has 20 heavy (non-hydrogen) atoms. The summed E-state index contributed by atoms with van der Waals surface area (Å²) < 4.78 is 0.